The molecule has 1 aliphatic heterocycles. The Labute approximate surface area is 241 Å². The van der Waals surface area contributed by atoms with Crippen LogP contribution < -0.4 is 5.32 Å². The molecular formula is C28H26Cl2N2O7S. The zero-order chi connectivity index (χ0) is 29.0. The first-order valence-corrected chi connectivity index (χ1v) is 14.5. The first-order chi connectivity index (χ1) is 19.0. The number of carbonyl (C=O) groups is 3. The lowest BCUT2D eigenvalue weighted by molar-refractivity contribution is -0.142. The molecule has 0 radical (unpaired) electrons. The van der Waals surface area contributed by atoms with Gasteiger partial charge in [-0.2, -0.15) is 4.31 Å². The number of sulfonamides is 1. The van der Waals surface area contributed by atoms with Crippen molar-refractivity contribution in [1.82, 2.24) is 9.62 Å². The van der Waals surface area contributed by atoms with Gasteiger partial charge in [0.2, 0.25) is 15.9 Å². The van der Waals surface area contributed by atoms with E-state index in [1.807, 2.05) is 6.07 Å². The first kappa shape index (κ1) is 29.5. The van der Waals surface area contributed by atoms with Crippen LogP contribution >= 0.6 is 23.2 Å². The summed E-state index contributed by atoms with van der Waals surface area (Å²) in [6, 6.07) is 15.5. The highest BCUT2D eigenvalue weighted by Gasteiger charge is 2.40. The minimum absolute atomic E-state index is 0.0209. The Morgan fingerprint density at radius 2 is 1.70 bits per heavy atom. The molecule has 3 aromatic carbocycles. The van der Waals surface area contributed by atoms with Crippen molar-refractivity contribution < 1.29 is 32.6 Å². The van der Waals surface area contributed by atoms with E-state index < -0.39 is 40.0 Å². The van der Waals surface area contributed by atoms with Crippen molar-refractivity contribution in [3.05, 3.63) is 87.9 Å². The predicted octanol–water partition coefficient (Wildman–Crippen LogP) is 4.41. The number of hydrogen-bond donors (Lipinski definition) is 2. The summed E-state index contributed by atoms with van der Waals surface area (Å²) in [5.41, 5.74) is 2.63. The Balaban J connectivity index is 1.47. The number of benzene rings is 3. The zero-order valence-corrected chi connectivity index (χ0v) is 23.7. The van der Waals surface area contributed by atoms with Crippen molar-refractivity contribution >= 4 is 51.1 Å². The van der Waals surface area contributed by atoms with E-state index in [4.69, 9.17) is 27.9 Å². The SMILES string of the molecule is COC(=O)c1cccc(-c2ccc(C[C@H](NC(=O)[C@@H]3CCCN3S(=O)(=O)c3cc(Cl)cc(Cl)c3)C(=O)O)cc2)c1. The van der Waals surface area contributed by atoms with Crippen molar-refractivity contribution in [3.63, 3.8) is 0 Å². The smallest absolute Gasteiger partial charge is 0.337 e. The van der Waals surface area contributed by atoms with Crippen molar-refractivity contribution in [3.8, 4) is 11.1 Å². The molecule has 2 N–H and O–H groups in total. The maximum Gasteiger partial charge on any atom is 0.337 e. The van der Waals surface area contributed by atoms with Crippen LogP contribution in [0.5, 0.6) is 0 Å². The number of halogens is 2. The largest absolute Gasteiger partial charge is 0.480 e. The molecule has 0 aromatic heterocycles. The number of nitrogens with zero attached hydrogens (tertiary/aromatic N) is 1. The Kier molecular flexibility index (Phi) is 9.15. The zero-order valence-electron chi connectivity index (χ0n) is 21.3. The standard InChI is InChI=1S/C28H26Cl2N2O7S/c1-39-28(36)20-5-2-4-19(13-20)18-9-7-17(8-10-18)12-24(27(34)35)31-26(33)25-6-3-11-32(25)40(37,38)23-15-21(29)14-22(30)16-23/h2,4-5,7-10,13-16,24-25H,3,6,11-12H2,1H3,(H,31,33)(H,34,35)/t24-,25-/m0/s1. The van der Waals surface area contributed by atoms with Crippen LogP contribution in [0.2, 0.25) is 10.0 Å². The van der Waals surface area contributed by atoms with Crippen molar-refractivity contribution in [1.29, 1.82) is 0 Å². The van der Waals surface area contributed by atoms with Crippen LogP contribution in [0.3, 0.4) is 0 Å². The van der Waals surface area contributed by atoms with E-state index in [1.54, 1.807) is 42.5 Å². The number of ether oxygens (including phenoxy) is 1. The van der Waals surface area contributed by atoms with Crippen molar-refractivity contribution in [2.45, 2.75) is 36.2 Å². The number of carbonyl (C=O) groups excluding carboxylic acids is 2. The number of carboxylic acid groups (broad SMARTS) is 1. The molecule has 1 aliphatic rings. The lowest BCUT2D eigenvalue weighted by Crippen LogP contribution is -2.51. The number of amides is 1. The normalized spacial score (nSPS) is 16.3. The molecule has 0 bridgehead atoms. The van der Waals surface area contributed by atoms with E-state index in [-0.39, 0.29) is 34.3 Å². The van der Waals surface area contributed by atoms with Crippen LogP contribution in [0, 0.1) is 0 Å². The lowest BCUT2D eigenvalue weighted by Gasteiger charge is -2.25. The molecule has 40 heavy (non-hydrogen) atoms. The second-order valence-electron chi connectivity index (χ2n) is 9.25. The molecule has 0 saturated carbocycles. The third-order valence-electron chi connectivity index (χ3n) is 6.57. The minimum atomic E-state index is -4.11. The molecule has 9 nitrogen and oxygen atoms in total. The number of methoxy groups -OCH3 is 1. The first-order valence-electron chi connectivity index (χ1n) is 12.3. The average Bonchev–Trinajstić information content (AvgIpc) is 3.43. The molecule has 0 spiro atoms. The number of rotatable bonds is 9. The predicted molar refractivity (Wildman–Crippen MR) is 150 cm³/mol. The summed E-state index contributed by atoms with van der Waals surface area (Å²) >= 11 is 12.0. The van der Waals surface area contributed by atoms with Gasteiger partial charge >= 0.3 is 11.9 Å². The summed E-state index contributed by atoms with van der Waals surface area (Å²) in [5, 5.41) is 12.6. The van der Waals surface area contributed by atoms with E-state index in [9.17, 15) is 27.9 Å². The molecule has 1 heterocycles. The fourth-order valence-corrected chi connectivity index (χ4v) is 6.97. The van der Waals surface area contributed by atoms with Crippen LogP contribution in [0.1, 0.15) is 28.8 Å². The molecule has 3 aromatic rings. The van der Waals surface area contributed by atoms with Crippen LogP contribution in [-0.4, -0.2) is 61.4 Å². The van der Waals surface area contributed by atoms with E-state index in [1.165, 1.54) is 25.3 Å². The molecule has 0 unspecified atom stereocenters. The number of carboxylic acids is 1. The van der Waals surface area contributed by atoms with Crippen LogP contribution in [0.4, 0.5) is 0 Å². The van der Waals surface area contributed by atoms with E-state index in [2.05, 4.69) is 5.32 Å². The van der Waals surface area contributed by atoms with Crippen molar-refractivity contribution in [2.75, 3.05) is 13.7 Å². The molecular weight excluding hydrogens is 579 g/mol. The maximum absolute atomic E-state index is 13.3. The summed E-state index contributed by atoms with van der Waals surface area (Å²) in [6.07, 6.45) is 0.653. The summed E-state index contributed by atoms with van der Waals surface area (Å²) < 4.78 is 32.4. The van der Waals surface area contributed by atoms with Crippen molar-refractivity contribution in [2.24, 2.45) is 0 Å². The fraction of sp³-hybridized carbons (Fsp3) is 0.250. The highest BCUT2D eigenvalue weighted by atomic mass is 35.5. The molecule has 12 heteroatoms. The molecule has 0 aliphatic carbocycles. The van der Waals surface area contributed by atoms with Crippen LogP contribution in [-0.2, 0) is 30.8 Å². The molecule has 2 atom stereocenters. The highest BCUT2D eigenvalue weighted by Crippen LogP contribution is 2.30. The highest BCUT2D eigenvalue weighted by molar-refractivity contribution is 7.89. The van der Waals surface area contributed by atoms with E-state index in [0.29, 0.717) is 17.5 Å². The van der Waals surface area contributed by atoms with Gasteiger partial charge in [0.1, 0.15) is 12.1 Å². The van der Waals surface area contributed by atoms with Gasteiger partial charge in [-0.25, -0.2) is 18.0 Å². The number of hydrogen-bond acceptors (Lipinski definition) is 6. The molecule has 210 valence electrons. The quantitative estimate of drug-likeness (QED) is 0.346. The minimum Gasteiger partial charge on any atom is -0.480 e. The molecule has 4 rings (SSSR count). The number of nitrogens with one attached hydrogen (secondary N) is 1. The van der Waals surface area contributed by atoms with Gasteiger partial charge in [0, 0.05) is 23.0 Å². The lowest BCUT2D eigenvalue weighted by atomic mass is 9.99. The Morgan fingerprint density at radius 3 is 2.33 bits per heavy atom. The monoisotopic (exact) mass is 604 g/mol. The van der Waals surface area contributed by atoms with Gasteiger partial charge in [0.25, 0.3) is 0 Å². The summed E-state index contributed by atoms with van der Waals surface area (Å²) in [6.45, 7) is 0.0981. The van der Waals surface area contributed by atoms with Gasteiger partial charge in [-0.3, -0.25) is 4.79 Å². The van der Waals surface area contributed by atoms with Gasteiger partial charge < -0.3 is 15.2 Å². The number of aliphatic carboxylic acids is 1. The van der Waals surface area contributed by atoms with Gasteiger partial charge in [0.15, 0.2) is 0 Å². The number of esters is 1. The van der Waals surface area contributed by atoms with Gasteiger partial charge in [-0.05, 0) is 59.9 Å². The maximum atomic E-state index is 13.3. The van der Waals surface area contributed by atoms with Crippen LogP contribution in [0.15, 0.2) is 71.6 Å². The third-order valence-corrected chi connectivity index (χ3v) is 8.90. The second-order valence-corrected chi connectivity index (χ2v) is 12.0. The van der Waals surface area contributed by atoms with Gasteiger partial charge in [0.05, 0.1) is 17.6 Å². The average molecular weight is 605 g/mol. The Morgan fingerprint density at radius 1 is 1.02 bits per heavy atom. The summed E-state index contributed by atoms with van der Waals surface area (Å²) in [5.74, 6) is -2.40. The third kappa shape index (κ3) is 6.64. The Bertz CT molecular complexity index is 1520. The van der Waals surface area contributed by atoms with Crippen LogP contribution in [0.25, 0.3) is 11.1 Å². The van der Waals surface area contributed by atoms with Gasteiger partial charge in [-0.15, -0.1) is 0 Å². The van der Waals surface area contributed by atoms with E-state index in [0.717, 1.165) is 15.4 Å². The second kappa shape index (κ2) is 12.4. The summed E-state index contributed by atoms with van der Waals surface area (Å²) in [7, 11) is -2.80. The molecule has 1 amide bonds. The topological polar surface area (TPSA) is 130 Å². The Hall–Kier alpha value is -3.44. The van der Waals surface area contributed by atoms with E-state index >= 15 is 0 Å². The summed E-state index contributed by atoms with van der Waals surface area (Å²) in [4.78, 5) is 36.9. The molecule has 1 saturated heterocycles. The fourth-order valence-electron chi connectivity index (χ4n) is 4.58. The molecule has 1 fully saturated rings. The van der Waals surface area contributed by atoms with Gasteiger partial charge in [-0.1, -0.05) is 59.6 Å².